The lowest BCUT2D eigenvalue weighted by molar-refractivity contribution is -0.171. The average molecular weight is 385 g/mol. The Hall–Kier alpha value is -2.15. The SMILES string of the molecule is COC(=O)C12CC3CC(CC(NC(=O)c4cc(-c5cccs5)[nH]n4)(C3)C1)C2. The third kappa shape index (κ3) is 2.71. The van der Waals surface area contributed by atoms with Gasteiger partial charge in [-0.1, -0.05) is 6.07 Å². The van der Waals surface area contributed by atoms with E-state index in [4.69, 9.17) is 4.74 Å². The van der Waals surface area contributed by atoms with Crippen LogP contribution in [0.3, 0.4) is 0 Å². The highest BCUT2D eigenvalue weighted by Gasteiger charge is 2.61. The first kappa shape index (κ1) is 17.0. The maximum atomic E-state index is 12.9. The molecule has 4 aliphatic carbocycles. The van der Waals surface area contributed by atoms with Gasteiger partial charge in [-0.25, -0.2) is 0 Å². The Morgan fingerprint density at radius 2 is 2.07 bits per heavy atom. The minimum atomic E-state index is -0.417. The van der Waals surface area contributed by atoms with Gasteiger partial charge in [-0.05, 0) is 67.9 Å². The van der Waals surface area contributed by atoms with Crippen LogP contribution in [0.5, 0.6) is 0 Å². The van der Waals surface area contributed by atoms with E-state index >= 15 is 0 Å². The van der Waals surface area contributed by atoms with Crippen LogP contribution in [0.1, 0.15) is 49.0 Å². The summed E-state index contributed by atoms with van der Waals surface area (Å²) in [5.74, 6) is 0.726. The van der Waals surface area contributed by atoms with Crippen LogP contribution in [0.4, 0.5) is 0 Å². The van der Waals surface area contributed by atoms with Crippen molar-refractivity contribution in [2.75, 3.05) is 7.11 Å². The van der Waals surface area contributed by atoms with Gasteiger partial charge in [0, 0.05) is 5.54 Å². The van der Waals surface area contributed by atoms with Gasteiger partial charge < -0.3 is 10.1 Å². The van der Waals surface area contributed by atoms with Crippen LogP contribution < -0.4 is 5.32 Å². The lowest BCUT2D eigenvalue weighted by Gasteiger charge is -2.60. The van der Waals surface area contributed by atoms with Crippen molar-refractivity contribution in [3.63, 3.8) is 0 Å². The monoisotopic (exact) mass is 385 g/mol. The Kier molecular flexibility index (Phi) is 3.73. The van der Waals surface area contributed by atoms with Crippen LogP contribution in [0.25, 0.3) is 10.6 Å². The molecule has 4 fully saturated rings. The summed E-state index contributed by atoms with van der Waals surface area (Å²) >= 11 is 1.61. The highest BCUT2D eigenvalue weighted by atomic mass is 32.1. The number of carbonyl (C=O) groups is 2. The molecule has 2 aromatic rings. The second-order valence-corrected chi connectivity index (χ2v) is 9.56. The lowest BCUT2D eigenvalue weighted by atomic mass is 9.47. The van der Waals surface area contributed by atoms with Crippen LogP contribution in [0.2, 0.25) is 0 Å². The fourth-order valence-electron chi connectivity index (χ4n) is 6.17. The molecule has 2 aromatic heterocycles. The molecule has 0 aromatic carbocycles. The van der Waals surface area contributed by atoms with E-state index in [0.717, 1.165) is 36.3 Å². The Balaban J connectivity index is 1.39. The van der Waals surface area contributed by atoms with Crippen molar-refractivity contribution >= 4 is 23.2 Å². The molecule has 27 heavy (non-hydrogen) atoms. The number of hydrogen-bond acceptors (Lipinski definition) is 5. The molecule has 0 aliphatic heterocycles. The molecule has 1 amide bonds. The van der Waals surface area contributed by atoms with Crippen molar-refractivity contribution in [2.45, 2.75) is 44.1 Å². The minimum Gasteiger partial charge on any atom is -0.469 e. The largest absolute Gasteiger partial charge is 0.469 e. The zero-order valence-corrected chi connectivity index (χ0v) is 16.1. The number of nitrogens with zero attached hydrogens (tertiary/aromatic N) is 1. The van der Waals surface area contributed by atoms with Crippen molar-refractivity contribution in [3.8, 4) is 10.6 Å². The smallest absolute Gasteiger partial charge is 0.311 e. The molecular formula is C20H23N3O3S. The number of rotatable bonds is 4. The molecule has 2 unspecified atom stereocenters. The number of methoxy groups -OCH3 is 1. The Labute approximate surface area is 161 Å². The highest BCUT2D eigenvalue weighted by Crippen LogP contribution is 2.62. The van der Waals surface area contributed by atoms with E-state index < -0.39 is 5.41 Å². The second-order valence-electron chi connectivity index (χ2n) is 8.61. The average Bonchev–Trinajstić information content (AvgIpc) is 3.30. The van der Waals surface area contributed by atoms with Gasteiger partial charge in [0.2, 0.25) is 0 Å². The van der Waals surface area contributed by atoms with E-state index in [9.17, 15) is 9.59 Å². The molecule has 0 spiro atoms. The number of nitrogens with one attached hydrogen (secondary N) is 2. The van der Waals surface area contributed by atoms with Crippen molar-refractivity contribution in [1.82, 2.24) is 15.5 Å². The maximum Gasteiger partial charge on any atom is 0.311 e. The maximum absolute atomic E-state index is 12.9. The van der Waals surface area contributed by atoms with Gasteiger partial charge >= 0.3 is 5.97 Å². The number of thiophene rings is 1. The first-order valence-corrected chi connectivity index (χ1v) is 10.4. The molecule has 4 saturated carbocycles. The molecule has 2 N–H and O–H groups in total. The predicted octanol–water partition coefficient (Wildman–Crippen LogP) is 3.38. The van der Waals surface area contributed by atoms with Crippen molar-refractivity contribution in [2.24, 2.45) is 17.3 Å². The van der Waals surface area contributed by atoms with Gasteiger partial charge in [0.1, 0.15) is 0 Å². The lowest BCUT2D eigenvalue weighted by Crippen LogP contribution is -2.64. The van der Waals surface area contributed by atoms with E-state index in [0.29, 0.717) is 24.0 Å². The van der Waals surface area contributed by atoms with E-state index in [2.05, 4.69) is 15.5 Å². The second kappa shape index (κ2) is 5.92. The molecular weight excluding hydrogens is 362 g/mol. The summed E-state index contributed by atoms with van der Waals surface area (Å²) in [6, 6.07) is 5.78. The van der Waals surface area contributed by atoms with Crippen LogP contribution in [0, 0.1) is 17.3 Å². The molecule has 4 bridgehead atoms. The Morgan fingerprint density at radius 3 is 2.74 bits per heavy atom. The van der Waals surface area contributed by atoms with Gasteiger partial charge in [0.15, 0.2) is 5.69 Å². The highest BCUT2D eigenvalue weighted by molar-refractivity contribution is 7.13. The number of H-pyrrole nitrogens is 1. The predicted molar refractivity (Wildman–Crippen MR) is 101 cm³/mol. The van der Waals surface area contributed by atoms with E-state index in [1.54, 1.807) is 17.4 Å². The van der Waals surface area contributed by atoms with Crippen LogP contribution in [0.15, 0.2) is 23.6 Å². The third-order valence-corrected chi connectivity index (χ3v) is 7.56. The van der Waals surface area contributed by atoms with Gasteiger partial charge in [0.05, 0.1) is 23.1 Å². The number of esters is 1. The molecule has 0 radical (unpaired) electrons. The van der Waals surface area contributed by atoms with Gasteiger partial charge in [0.25, 0.3) is 5.91 Å². The fourth-order valence-corrected chi connectivity index (χ4v) is 6.86. The summed E-state index contributed by atoms with van der Waals surface area (Å²) in [6.45, 7) is 0. The first-order valence-electron chi connectivity index (χ1n) is 9.51. The van der Waals surface area contributed by atoms with Crippen molar-refractivity contribution < 1.29 is 14.3 Å². The Morgan fingerprint density at radius 1 is 1.30 bits per heavy atom. The summed E-state index contributed by atoms with van der Waals surface area (Å²) in [4.78, 5) is 26.6. The number of ether oxygens (including phenoxy) is 1. The third-order valence-electron chi connectivity index (χ3n) is 6.66. The van der Waals surface area contributed by atoms with Gasteiger partial charge in [-0.3, -0.25) is 14.7 Å². The summed E-state index contributed by atoms with van der Waals surface area (Å²) in [6.07, 6.45) is 5.57. The van der Waals surface area contributed by atoms with E-state index in [1.165, 1.54) is 13.5 Å². The minimum absolute atomic E-state index is 0.102. The number of aromatic amines is 1. The van der Waals surface area contributed by atoms with Crippen LogP contribution >= 0.6 is 11.3 Å². The molecule has 2 atom stereocenters. The van der Waals surface area contributed by atoms with E-state index in [1.807, 2.05) is 17.5 Å². The molecule has 6 rings (SSSR count). The molecule has 7 heteroatoms. The summed E-state index contributed by atoms with van der Waals surface area (Å²) < 4.78 is 5.15. The summed E-state index contributed by atoms with van der Waals surface area (Å²) in [5, 5.41) is 12.4. The zero-order valence-electron chi connectivity index (χ0n) is 15.3. The number of carbonyl (C=O) groups excluding carboxylic acids is 2. The fraction of sp³-hybridized carbons (Fsp3) is 0.550. The van der Waals surface area contributed by atoms with Crippen LogP contribution in [-0.4, -0.2) is 34.7 Å². The normalized spacial score (nSPS) is 33.8. The van der Waals surface area contributed by atoms with Crippen LogP contribution in [-0.2, 0) is 9.53 Å². The number of hydrogen-bond donors (Lipinski definition) is 2. The number of amides is 1. The van der Waals surface area contributed by atoms with Crippen molar-refractivity contribution in [3.05, 3.63) is 29.3 Å². The van der Waals surface area contributed by atoms with Crippen molar-refractivity contribution in [1.29, 1.82) is 0 Å². The summed E-state index contributed by atoms with van der Waals surface area (Å²) in [7, 11) is 1.47. The number of aromatic nitrogens is 2. The molecule has 0 saturated heterocycles. The molecule has 4 aliphatic rings. The van der Waals surface area contributed by atoms with Gasteiger partial charge in [-0.2, -0.15) is 5.10 Å². The quantitative estimate of drug-likeness (QED) is 0.790. The Bertz CT molecular complexity index is 874. The molecule has 142 valence electrons. The molecule has 2 heterocycles. The zero-order chi connectivity index (χ0) is 18.6. The van der Waals surface area contributed by atoms with Gasteiger partial charge in [-0.15, -0.1) is 11.3 Å². The van der Waals surface area contributed by atoms with E-state index in [-0.39, 0.29) is 17.4 Å². The first-order chi connectivity index (χ1) is 13.0. The standard InChI is InChI=1S/C20H23N3O3S/c1-26-18(25)19-7-12-5-13(8-19)10-20(9-12,11-19)21-17(24)15-6-14(22-23-15)16-3-2-4-27-16/h2-4,6,12-13H,5,7-11H2,1H3,(H,21,24)(H,22,23). The topological polar surface area (TPSA) is 84.1 Å². The summed E-state index contributed by atoms with van der Waals surface area (Å²) in [5.41, 5.74) is 0.532. The molecule has 6 nitrogen and oxygen atoms in total.